The molecule has 0 aliphatic rings. The Balaban J connectivity index is 2.92. The summed E-state index contributed by atoms with van der Waals surface area (Å²) in [5.74, 6) is 0.582. The van der Waals surface area contributed by atoms with Crippen molar-refractivity contribution in [1.82, 2.24) is 0 Å². The standard InChI is InChI=1S/C16H26N2O/c1-12(2)14-9-7-8-13(3)16(14)18(4)15(19)10-5-6-11-17/h7-9,12H,5-6,10-11,17H2,1-4H3. The van der Waals surface area contributed by atoms with Gasteiger partial charge < -0.3 is 10.6 Å². The molecule has 106 valence electrons. The van der Waals surface area contributed by atoms with Gasteiger partial charge >= 0.3 is 0 Å². The maximum atomic E-state index is 12.2. The van der Waals surface area contributed by atoms with Crippen LogP contribution >= 0.6 is 0 Å². The maximum absolute atomic E-state index is 12.2. The zero-order valence-electron chi connectivity index (χ0n) is 12.6. The molecular weight excluding hydrogens is 236 g/mol. The second-order valence-electron chi connectivity index (χ2n) is 5.37. The summed E-state index contributed by atoms with van der Waals surface area (Å²) < 4.78 is 0. The molecule has 0 radical (unpaired) electrons. The van der Waals surface area contributed by atoms with Crippen molar-refractivity contribution in [2.24, 2.45) is 5.73 Å². The summed E-state index contributed by atoms with van der Waals surface area (Å²) in [5.41, 5.74) is 8.91. The van der Waals surface area contributed by atoms with E-state index in [2.05, 4.69) is 39.0 Å². The van der Waals surface area contributed by atoms with Gasteiger partial charge in [-0.2, -0.15) is 0 Å². The summed E-state index contributed by atoms with van der Waals surface area (Å²) in [7, 11) is 1.87. The van der Waals surface area contributed by atoms with E-state index < -0.39 is 0 Å². The van der Waals surface area contributed by atoms with Crippen molar-refractivity contribution in [3.05, 3.63) is 29.3 Å². The number of nitrogens with zero attached hydrogens (tertiary/aromatic N) is 1. The number of unbranched alkanes of at least 4 members (excludes halogenated alkanes) is 1. The number of para-hydroxylation sites is 1. The third-order valence-electron chi connectivity index (χ3n) is 3.45. The molecule has 0 bridgehead atoms. The van der Waals surface area contributed by atoms with E-state index in [1.165, 1.54) is 5.56 Å². The van der Waals surface area contributed by atoms with E-state index in [0.29, 0.717) is 18.9 Å². The van der Waals surface area contributed by atoms with Gasteiger partial charge in [0, 0.05) is 19.2 Å². The highest BCUT2D eigenvalue weighted by atomic mass is 16.2. The molecule has 3 nitrogen and oxygen atoms in total. The van der Waals surface area contributed by atoms with Crippen molar-refractivity contribution in [2.45, 2.75) is 46.0 Å². The number of carbonyl (C=O) groups excluding carboxylic acids is 1. The first-order valence-electron chi connectivity index (χ1n) is 7.05. The first-order chi connectivity index (χ1) is 8.99. The molecule has 0 aliphatic heterocycles. The summed E-state index contributed by atoms with van der Waals surface area (Å²) in [6.07, 6.45) is 2.34. The fourth-order valence-electron chi connectivity index (χ4n) is 2.32. The molecule has 1 amide bonds. The number of nitrogens with two attached hydrogens (primary N) is 1. The van der Waals surface area contributed by atoms with E-state index in [4.69, 9.17) is 5.73 Å². The molecule has 0 saturated carbocycles. The van der Waals surface area contributed by atoms with Crippen LogP contribution in [0.3, 0.4) is 0 Å². The van der Waals surface area contributed by atoms with E-state index >= 15 is 0 Å². The van der Waals surface area contributed by atoms with E-state index in [9.17, 15) is 4.79 Å². The van der Waals surface area contributed by atoms with Crippen LogP contribution in [0, 0.1) is 6.92 Å². The minimum atomic E-state index is 0.171. The maximum Gasteiger partial charge on any atom is 0.226 e. The van der Waals surface area contributed by atoms with E-state index in [-0.39, 0.29) is 5.91 Å². The van der Waals surface area contributed by atoms with Crippen LogP contribution in [0.1, 0.15) is 50.2 Å². The van der Waals surface area contributed by atoms with Crippen LogP contribution in [-0.4, -0.2) is 19.5 Å². The quantitative estimate of drug-likeness (QED) is 0.800. The summed E-state index contributed by atoms with van der Waals surface area (Å²) in [4.78, 5) is 14.0. The SMILES string of the molecule is Cc1cccc(C(C)C)c1N(C)C(=O)CCCCN. The molecule has 0 aliphatic carbocycles. The topological polar surface area (TPSA) is 46.3 Å². The van der Waals surface area contributed by atoms with Gasteiger partial charge in [-0.15, -0.1) is 0 Å². The number of hydrogen-bond donors (Lipinski definition) is 1. The van der Waals surface area contributed by atoms with Crippen LogP contribution in [-0.2, 0) is 4.79 Å². The second kappa shape index (κ2) is 7.29. The van der Waals surface area contributed by atoms with Crippen molar-refractivity contribution in [3.63, 3.8) is 0 Å². The summed E-state index contributed by atoms with van der Waals surface area (Å²) >= 11 is 0. The molecular formula is C16H26N2O. The number of aryl methyl sites for hydroxylation is 1. The van der Waals surface area contributed by atoms with Crippen LogP contribution in [0.4, 0.5) is 5.69 Å². The lowest BCUT2D eigenvalue weighted by molar-refractivity contribution is -0.118. The van der Waals surface area contributed by atoms with Crippen LogP contribution in [0.25, 0.3) is 0 Å². The molecule has 0 atom stereocenters. The van der Waals surface area contributed by atoms with Crippen LogP contribution in [0.2, 0.25) is 0 Å². The Bertz CT molecular complexity index is 427. The monoisotopic (exact) mass is 262 g/mol. The predicted molar refractivity (Wildman–Crippen MR) is 81.6 cm³/mol. The fraction of sp³-hybridized carbons (Fsp3) is 0.562. The molecule has 1 aromatic rings. The van der Waals surface area contributed by atoms with Gasteiger partial charge in [0.1, 0.15) is 0 Å². The number of anilines is 1. The van der Waals surface area contributed by atoms with Crippen LogP contribution in [0.5, 0.6) is 0 Å². The molecule has 3 heteroatoms. The largest absolute Gasteiger partial charge is 0.330 e. The molecule has 0 unspecified atom stereocenters. The summed E-state index contributed by atoms with van der Waals surface area (Å²) in [6.45, 7) is 7.03. The average molecular weight is 262 g/mol. The second-order valence-corrected chi connectivity index (χ2v) is 5.37. The van der Waals surface area contributed by atoms with Crippen LogP contribution < -0.4 is 10.6 Å². The van der Waals surface area contributed by atoms with Gasteiger partial charge in [-0.25, -0.2) is 0 Å². The van der Waals surface area contributed by atoms with Crippen LogP contribution in [0.15, 0.2) is 18.2 Å². The minimum Gasteiger partial charge on any atom is -0.330 e. The molecule has 0 spiro atoms. The van der Waals surface area contributed by atoms with E-state index in [0.717, 1.165) is 24.1 Å². The number of carbonyl (C=O) groups is 1. The Morgan fingerprint density at radius 3 is 2.58 bits per heavy atom. The van der Waals surface area contributed by atoms with Gasteiger partial charge in [-0.05, 0) is 43.4 Å². The van der Waals surface area contributed by atoms with Crippen molar-refractivity contribution in [1.29, 1.82) is 0 Å². The van der Waals surface area contributed by atoms with E-state index in [1.54, 1.807) is 4.90 Å². The van der Waals surface area contributed by atoms with Gasteiger partial charge in [0.05, 0.1) is 0 Å². The zero-order chi connectivity index (χ0) is 14.4. The molecule has 1 aromatic carbocycles. The Morgan fingerprint density at radius 1 is 1.32 bits per heavy atom. The highest BCUT2D eigenvalue weighted by Crippen LogP contribution is 2.30. The molecule has 0 heterocycles. The smallest absolute Gasteiger partial charge is 0.226 e. The lowest BCUT2D eigenvalue weighted by atomic mass is 9.97. The lowest BCUT2D eigenvalue weighted by Crippen LogP contribution is -2.28. The molecule has 0 aromatic heterocycles. The Labute approximate surface area is 116 Å². The first kappa shape index (κ1) is 15.7. The molecule has 19 heavy (non-hydrogen) atoms. The summed E-state index contributed by atoms with van der Waals surface area (Å²) in [5, 5.41) is 0. The number of rotatable bonds is 6. The van der Waals surface area contributed by atoms with Gasteiger partial charge in [0.2, 0.25) is 5.91 Å². The third kappa shape index (κ3) is 4.06. The normalized spacial score (nSPS) is 10.8. The van der Waals surface area contributed by atoms with Crippen molar-refractivity contribution in [2.75, 3.05) is 18.5 Å². The zero-order valence-corrected chi connectivity index (χ0v) is 12.6. The Morgan fingerprint density at radius 2 is 2.00 bits per heavy atom. The van der Waals surface area contributed by atoms with Gasteiger partial charge in [-0.3, -0.25) is 4.79 Å². The molecule has 0 fully saturated rings. The predicted octanol–water partition coefficient (Wildman–Crippen LogP) is 3.21. The Hall–Kier alpha value is -1.35. The lowest BCUT2D eigenvalue weighted by Gasteiger charge is -2.24. The number of benzene rings is 1. The average Bonchev–Trinajstić information content (AvgIpc) is 2.37. The fourth-order valence-corrected chi connectivity index (χ4v) is 2.32. The van der Waals surface area contributed by atoms with Gasteiger partial charge in [-0.1, -0.05) is 32.0 Å². The van der Waals surface area contributed by atoms with Gasteiger partial charge in [0.25, 0.3) is 0 Å². The molecule has 0 saturated heterocycles. The Kier molecular flexibility index (Phi) is 6.03. The van der Waals surface area contributed by atoms with Crippen molar-refractivity contribution >= 4 is 11.6 Å². The molecule has 1 rings (SSSR count). The first-order valence-corrected chi connectivity index (χ1v) is 7.05. The van der Waals surface area contributed by atoms with E-state index in [1.807, 2.05) is 7.05 Å². The van der Waals surface area contributed by atoms with Gasteiger partial charge in [0.15, 0.2) is 0 Å². The number of hydrogen-bond acceptors (Lipinski definition) is 2. The summed E-state index contributed by atoms with van der Waals surface area (Å²) in [6, 6.07) is 6.22. The highest BCUT2D eigenvalue weighted by Gasteiger charge is 2.17. The number of amides is 1. The minimum absolute atomic E-state index is 0.171. The van der Waals surface area contributed by atoms with Crippen molar-refractivity contribution in [3.8, 4) is 0 Å². The highest BCUT2D eigenvalue weighted by molar-refractivity contribution is 5.94. The molecule has 2 N–H and O–H groups in total. The van der Waals surface area contributed by atoms with Crippen molar-refractivity contribution < 1.29 is 4.79 Å². The third-order valence-corrected chi connectivity index (χ3v) is 3.45.